The minimum Gasteiger partial charge on any atom is -0.491 e. The SMILES string of the molecule is CNCC(O)COc1ccc(Cl)c(-c2nc(CCC3CCOCC3)c(C)c(-c3c(C)noc3C)n2)c1. The van der Waals surface area contributed by atoms with E-state index >= 15 is 0 Å². The molecular formula is C27H35ClN4O4. The molecule has 2 aromatic heterocycles. The topological polar surface area (TPSA) is 103 Å². The molecule has 9 heteroatoms. The quantitative estimate of drug-likeness (QED) is 0.401. The minimum atomic E-state index is -0.618. The van der Waals surface area contributed by atoms with E-state index in [4.69, 9.17) is 35.6 Å². The smallest absolute Gasteiger partial charge is 0.161 e. The standard InChI is InChI=1S/C27H35ClN4O4/c1-16-24(8-5-19-9-11-34-12-10-19)30-27(31-26(16)25-17(2)32-36-18(25)3)22-13-21(6-7-23(22)28)35-15-20(33)14-29-4/h6-7,13,19-20,29,33H,5,8-12,14-15H2,1-4H3. The molecule has 194 valence electrons. The van der Waals surface area contributed by atoms with Crippen LogP contribution in [0, 0.1) is 26.7 Å². The third kappa shape index (κ3) is 6.24. The summed E-state index contributed by atoms with van der Waals surface area (Å²) in [7, 11) is 1.79. The molecule has 2 N–H and O–H groups in total. The maximum absolute atomic E-state index is 10.0. The van der Waals surface area contributed by atoms with Gasteiger partial charge in [0.25, 0.3) is 0 Å². The molecule has 3 aromatic rings. The Kier molecular flexibility index (Phi) is 8.95. The molecule has 1 aromatic carbocycles. The van der Waals surface area contributed by atoms with Crippen LogP contribution < -0.4 is 10.1 Å². The molecular weight excluding hydrogens is 480 g/mol. The molecule has 1 saturated heterocycles. The highest BCUT2D eigenvalue weighted by molar-refractivity contribution is 6.33. The molecule has 0 saturated carbocycles. The van der Waals surface area contributed by atoms with Crippen molar-refractivity contribution in [3.8, 4) is 28.4 Å². The molecule has 3 heterocycles. The Morgan fingerprint density at radius 3 is 2.67 bits per heavy atom. The highest BCUT2D eigenvalue weighted by Gasteiger charge is 2.22. The first-order valence-corrected chi connectivity index (χ1v) is 12.9. The zero-order chi connectivity index (χ0) is 25.7. The monoisotopic (exact) mass is 514 g/mol. The molecule has 4 rings (SSSR count). The highest BCUT2D eigenvalue weighted by Crippen LogP contribution is 2.35. The number of rotatable bonds is 10. The van der Waals surface area contributed by atoms with Gasteiger partial charge in [-0.05, 0) is 83.2 Å². The normalized spacial score (nSPS) is 15.3. The summed E-state index contributed by atoms with van der Waals surface area (Å²) in [5, 5.41) is 17.6. The van der Waals surface area contributed by atoms with Gasteiger partial charge in [-0.2, -0.15) is 0 Å². The largest absolute Gasteiger partial charge is 0.491 e. The van der Waals surface area contributed by atoms with Crippen LogP contribution >= 0.6 is 11.6 Å². The van der Waals surface area contributed by atoms with Crippen molar-refractivity contribution in [2.75, 3.05) is 33.4 Å². The van der Waals surface area contributed by atoms with E-state index in [-0.39, 0.29) is 6.61 Å². The number of nitrogens with one attached hydrogen (secondary N) is 1. The van der Waals surface area contributed by atoms with Crippen LogP contribution in [0.2, 0.25) is 5.02 Å². The van der Waals surface area contributed by atoms with Gasteiger partial charge in [-0.1, -0.05) is 16.8 Å². The molecule has 1 atom stereocenters. The van der Waals surface area contributed by atoms with Crippen molar-refractivity contribution >= 4 is 11.6 Å². The van der Waals surface area contributed by atoms with Gasteiger partial charge in [-0.3, -0.25) is 0 Å². The lowest BCUT2D eigenvalue weighted by Crippen LogP contribution is -2.29. The molecule has 0 aliphatic carbocycles. The summed E-state index contributed by atoms with van der Waals surface area (Å²) in [4.78, 5) is 9.95. The molecule has 1 aliphatic heterocycles. The summed E-state index contributed by atoms with van der Waals surface area (Å²) in [6.07, 6.45) is 3.43. The molecule has 1 unspecified atom stereocenters. The third-order valence-electron chi connectivity index (χ3n) is 6.71. The lowest BCUT2D eigenvalue weighted by atomic mass is 9.92. The van der Waals surface area contributed by atoms with E-state index in [9.17, 15) is 5.11 Å². The second-order valence-corrected chi connectivity index (χ2v) is 9.83. The van der Waals surface area contributed by atoms with Gasteiger partial charge >= 0.3 is 0 Å². The lowest BCUT2D eigenvalue weighted by Gasteiger charge is -2.22. The second kappa shape index (κ2) is 12.1. The Morgan fingerprint density at radius 1 is 1.19 bits per heavy atom. The maximum Gasteiger partial charge on any atom is 0.161 e. The Labute approximate surface area is 217 Å². The summed E-state index contributed by atoms with van der Waals surface area (Å²) in [6, 6.07) is 5.39. The number of likely N-dealkylation sites (N-methyl/N-ethyl adjacent to an activating group) is 1. The summed E-state index contributed by atoms with van der Waals surface area (Å²) >= 11 is 6.63. The molecule has 1 aliphatic rings. The predicted octanol–water partition coefficient (Wildman–Crippen LogP) is 4.70. The van der Waals surface area contributed by atoms with Crippen molar-refractivity contribution in [1.82, 2.24) is 20.4 Å². The fourth-order valence-corrected chi connectivity index (χ4v) is 4.82. The number of ether oxygens (including phenoxy) is 2. The number of nitrogens with zero attached hydrogens (tertiary/aromatic N) is 3. The third-order valence-corrected chi connectivity index (χ3v) is 7.04. The number of aliphatic hydroxyl groups is 1. The van der Waals surface area contributed by atoms with Crippen LogP contribution in [0.3, 0.4) is 0 Å². The van der Waals surface area contributed by atoms with Crippen LogP contribution in [0.5, 0.6) is 5.75 Å². The molecule has 0 spiro atoms. The van der Waals surface area contributed by atoms with Crippen molar-refractivity contribution < 1.29 is 19.1 Å². The molecule has 0 amide bonds. The van der Waals surface area contributed by atoms with Crippen molar-refractivity contribution in [2.24, 2.45) is 5.92 Å². The number of halogens is 1. The van der Waals surface area contributed by atoms with Crippen molar-refractivity contribution in [2.45, 2.75) is 52.6 Å². The Morgan fingerprint density at radius 2 is 1.97 bits per heavy atom. The van der Waals surface area contributed by atoms with Gasteiger partial charge in [-0.15, -0.1) is 0 Å². The zero-order valence-electron chi connectivity index (χ0n) is 21.4. The number of hydrogen-bond acceptors (Lipinski definition) is 8. The lowest BCUT2D eigenvalue weighted by molar-refractivity contribution is 0.0639. The van der Waals surface area contributed by atoms with Gasteiger partial charge < -0.3 is 24.4 Å². The summed E-state index contributed by atoms with van der Waals surface area (Å²) in [5.74, 6) is 2.47. The maximum atomic E-state index is 10.0. The van der Waals surface area contributed by atoms with Gasteiger partial charge in [0.05, 0.1) is 22.0 Å². The average Bonchev–Trinajstić information content (AvgIpc) is 3.21. The summed E-state index contributed by atoms with van der Waals surface area (Å²) in [5.41, 5.74) is 5.19. The number of aryl methyl sites for hydroxylation is 3. The van der Waals surface area contributed by atoms with E-state index < -0.39 is 6.10 Å². The Hall–Kier alpha value is -2.52. The van der Waals surface area contributed by atoms with Gasteiger partial charge in [0.2, 0.25) is 0 Å². The van der Waals surface area contributed by atoms with E-state index in [2.05, 4.69) is 17.4 Å². The van der Waals surface area contributed by atoms with Crippen molar-refractivity contribution in [1.29, 1.82) is 0 Å². The molecule has 8 nitrogen and oxygen atoms in total. The summed E-state index contributed by atoms with van der Waals surface area (Å²) in [6.45, 7) is 8.15. The van der Waals surface area contributed by atoms with E-state index in [0.29, 0.717) is 34.6 Å². The number of aromatic nitrogens is 3. The molecule has 0 bridgehead atoms. The van der Waals surface area contributed by atoms with E-state index in [1.54, 1.807) is 19.2 Å². The molecule has 36 heavy (non-hydrogen) atoms. The van der Waals surface area contributed by atoms with Crippen LogP contribution in [0.4, 0.5) is 0 Å². The predicted molar refractivity (Wildman–Crippen MR) is 139 cm³/mol. The highest BCUT2D eigenvalue weighted by atomic mass is 35.5. The van der Waals surface area contributed by atoms with E-state index in [1.165, 1.54) is 0 Å². The fraction of sp³-hybridized carbons (Fsp3) is 0.519. The van der Waals surface area contributed by atoms with E-state index in [1.807, 2.05) is 19.9 Å². The van der Waals surface area contributed by atoms with Crippen LogP contribution in [0.1, 0.15) is 42.0 Å². The number of hydrogen-bond donors (Lipinski definition) is 2. The van der Waals surface area contributed by atoms with E-state index in [0.717, 1.165) is 72.9 Å². The Bertz CT molecular complexity index is 1160. The van der Waals surface area contributed by atoms with Crippen LogP contribution in [0.15, 0.2) is 22.7 Å². The van der Waals surface area contributed by atoms with Gasteiger partial charge in [0, 0.05) is 31.0 Å². The average molecular weight is 515 g/mol. The fourth-order valence-electron chi connectivity index (χ4n) is 4.62. The molecule has 0 radical (unpaired) electrons. The van der Waals surface area contributed by atoms with Crippen LogP contribution in [0.25, 0.3) is 22.6 Å². The zero-order valence-corrected chi connectivity index (χ0v) is 22.2. The van der Waals surface area contributed by atoms with Crippen molar-refractivity contribution in [3.05, 3.63) is 45.9 Å². The Balaban J connectivity index is 1.71. The summed E-state index contributed by atoms with van der Waals surface area (Å²) < 4.78 is 16.8. The van der Waals surface area contributed by atoms with Gasteiger partial charge in [0.1, 0.15) is 24.2 Å². The first-order valence-electron chi connectivity index (χ1n) is 12.5. The molecule has 1 fully saturated rings. The first-order chi connectivity index (χ1) is 17.4. The first kappa shape index (κ1) is 26.5. The second-order valence-electron chi connectivity index (χ2n) is 9.43. The number of aliphatic hydroxyl groups excluding tert-OH is 1. The van der Waals surface area contributed by atoms with Crippen LogP contribution in [-0.2, 0) is 11.2 Å². The minimum absolute atomic E-state index is 0.164. The number of benzene rings is 1. The van der Waals surface area contributed by atoms with Gasteiger partial charge in [0.15, 0.2) is 5.82 Å². The van der Waals surface area contributed by atoms with Crippen molar-refractivity contribution in [3.63, 3.8) is 0 Å². The van der Waals surface area contributed by atoms with Crippen LogP contribution in [-0.4, -0.2) is 59.7 Å². The van der Waals surface area contributed by atoms with Gasteiger partial charge in [-0.25, -0.2) is 9.97 Å².